The number of nitrogens with one attached hydrogen (secondary N) is 1. The molecule has 0 bridgehead atoms. The topological polar surface area (TPSA) is 84.8 Å². The van der Waals surface area contributed by atoms with Gasteiger partial charge in [0, 0.05) is 12.8 Å². The molecule has 5 nitrogen and oxygen atoms in total. The molecule has 0 saturated heterocycles. The number of carbonyl (C=O) groups is 1. The number of hydrogen-bond acceptors (Lipinski definition) is 3. The van der Waals surface area contributed by atoms with Crippen molar-refractivity contribution in [2.75, 3.05) is 0 Å². The zero-order valence-corrected chi connectivity index (χ0v) is 10.8. The third kappa shape index (κ3) is 7.21. The predicted octanol–water partition coefficient (Wildman–Crippen LogP) is 3.23. The second-order valence-corrected chi connectivity index (χ2v) is 4.30. The monoisotopic (exact) mass is 263 g/mol. The van der Waals surface area contributed by atoms with Crippen molar-refractivity contribution in [3.05, 3.63) is 35.5 Å². The summed E-state index contributed by atoms with van der Waals surface area (Å²) in [5, 5.41) is 19.3. The maximum atomic E-state index is 10.8. The summed E-state index contributed by atoms with van der Waals surface area (Å²) in [5.41, 5.74) is 2.62. The second-order valence-electron chi connectivity index (χ2n) is 4.30. The summed E-state index contributed by atoms with van der Waals surface area (Å²) >= 11 is 0. The number of para-hydroxylation sites is 1. The Kier molecular flexibility index (Phi) is 7.27. The van der Waals surface area contributed by atoms with Gasteiger partial charge in [-0.1, -0.05) is 31.0 Å². The normalized spacial score (nSPS) is 11.3. The number of carboxylic acid groups (broad SMARTS) is 1. The highest BCUT2D eigenvalue weighted by Crippen LogP contribution is 2.12. The minimum absolute atomic E-state index is 0.213. The van der Waals surface area contributed by atoms with Crippen LogP contribution in [0.15, 0.2) is 35.3 Å². The molecule has 1 aromatic carbocycles. The molecule has 19 heavy (non-hydrogen) atoms. The smallest absolute Gasteiger partial charge is 0.303 e. The summed E-state index contributed by atoms with van der Waals surface area (Å²) in [4.78, 5) is 14.5. The van der Waals surface area contributed by atoms with Gasteiger partial charge in [-0.25, -0.2) is 4.99 Å². The summed E-state index contributed by atoms with van der Waals surface area (Å²) in [5.74, 6) is -0.336. The third-order valence-corrected chi connectivity index (χ3v) is 2.69. The van der Waals surface area contributed by atoms with E-state index >= 15 is 0 Å². The number of aliphatic carboxylic acids is 1. The fraction of sp³-hybridized carbons (Fsp3) is 0.429. The van der Waals surface area contributed by atoms with Crippen molar-refractivity contribution in [2.24, 2.45) is 4.99 Å². The lowest BCUT2D eigenvalue weighted by molar-refractivity contribution is -0.137. The first-order chi connectivity index (χ1) is 9.22. The van der Waals surface area contributed by atoms with Crippen molar-refractivity contribution >= 4 is 17.5 Å². The highest BCUT2D eigenvalue weighted by molar-refractivity contribution is 5.85. The fourth-order valence-corrected chi connectivity index (χ4v) is 1.71. The van der Waals surface area contributed by atoms with E-state index in [0.29, 0.717) is 18.7 Å². The largest absolute Gasteiger partial charge is 0.760 e. The van der Waals surface area contributed by atoms with E-state index in [4.69, 9.17) is 5.11 Å². The van der Waals surface area contributed by atoms with Gasteiger partial charge in [0.05, 0.1) is 11.5 Å². The molecular formula is C14H19N2O3-. The Balaban J connectivity index is 2.26. The van der Waals surface area contributed by atoms with E-state index in [1.807, 2.05) is 35.8 Å². The molecule has 0 aliphatic rings. The van der Waals surface area contributed by atoms with Crippen molar-refractivity contribution in [2.45, 2.75) is 38.5 Å². The third-order valence-electron chi connectivity index (χ3n) is 2.69. The SMILES string of the molecule is O=C(O)CCCCCCC(=Nc1ccccc1)N[O-]. The lowest BCUT2D eigenvalue weighted by Gasteiger charge is -2.12. The molecule has 0 amide bonds. The average Bonchev–Trinajstić information content (AvgIpc) is 2.42. The Hall–Kier alpha value is -1.88. The van der Waals surface area contributed by atoms with Crippen LogP contribution in [0.5, 0.6) is 0 Å². The molecule has 0 aliphatic carbocycles. The number of benzene rings is 1. The van der Waals surface area contributed by atoms with E-state index in [0.717, 1.165) is 24.9 Å². The zero-order valence-electron chi connectivity index (χ0n) is 10.8. The fourth-order valence-electron chi connectivity index (χ4n) is 1.71. The van der Waals surface area contributed by atoms with Crippen LogP contribution < -0.4 is 5.48 Å². The van der Waals surface area contributed by atoms with E-state index in [1.165, 1.54) is 0 Å². The van der Waals surface area contributed by atoms with Gasteiger partial charge >= 0.3 is 5.97 Å². The minimum atomic E-state index is -0.757. The molecule has 104 valence electrons. The summed E-state index contributed by atoms with van der Waals surface area (Å²) in [6, 6.07) is 9.31. The van der Waals surface area contributed by atoms with Gasteiger partial charge in [-0.05, 0) is 25.0 Å². The van der Waals surface area contributed by atoms with Crippen LogP contribution >= 0.6 is 0 Å². The Labute approximate surface area is 113 Å². The van der Waals surface area contributed by atoms with Crippen LogP contribution in [0.3, 0.4) is 0 Å². The summed E-state index contributed by atoms with van der Waals surface area (Å²) in [6.07, 6.45) is 4.09. The number of aliphatic imine (C=N–C) groups is 1. The molecule has 0 spiro atoms. The average molecular weight is 263 g/mol. The van der Waals surface area contributed by atoms with Crippen LogP contribution in [-0.2, 0) is 4.79 Å². The van der Waals surface area contributed by atoms with Crippen LogP contribution in [0.1, 0.15) is 38.5 Å². The molecule has 0 heterocycles. The van der Waals surface area contributed by atoms with Crippen LogP contribution in [0.4, 0.5) is 5.69 Å². The molecule has 5 heteroatoms. The molecule has 1 rings (SSSR count). The molecule has 0 atom stereocenters. The maximum absolute atomic E-state index is 10.8. The molecule has 0 unspecified atom stereocenters. The Morgan fingerprint density at radius 3 is 2.32 bits per heavy atom. The van der Waals surface area contributed by atoms with Gasteiger partial charge in [-0.2, -0.15) is 0 Å². The number of amidine groups is 1. The molecule has 2 N–H and O–H groups in total. The van der Waals surface area contributed by atoms with Gasteiger partial charge in [-0.3, -0.25) is 4.79 Å². The standard InChI is InChI=1S/C14H19N2O3/c17-14(18)11-7-2-1-6-10-13(16-19)15-12-8-4-3-5-9-12/h3-5,8-9H,1-2,6-7,10-11H2,(H2-,15,16,17,18,19)/q-1. The summed E-state index contributed by atoms with van der Waals surface area (Å²) in [6.45, 7) is 0. The van der Waals surface area contributed by atoms with Gasteiger partial charge in [-0.15, -0.1) is 0 Å². The van der Waals surface area contributed by atoms with E-state index in [-0.39, 0.29) is 6.42 Å². The number of nitrogens with zero attached hydrogens (tertiary/aromatic N) is 1. The Morgan fingerprint density at radius 1 is 1.11 bits per heavy atom. The number of hydrogen-bond donors (Lipinski definition) is 2. The quantitative estimate of drug-likeness (QED) is 0.326. The van der Waals surface area contributed by atoms with Crippen LogP contribution in [0, 0.1) is 5.21 Å². The van der Waals surface area contributed by atoms with Crippen molar-refractivity contribution < 1.29 is 9.90 Å². The minimum Gasteiger partial charge on any atom is -0.760 e. The Morgan fingerprint density at radius 2 is 1.74 bits per heavy atom. The summed E-state index contributed by atoms with van der Waals surface area (Å²) in [7, 11) is 0. The predicted molar refractivity (Wildman–Crippen MR) is 75.4 cm³/mol. The van der Waals surface area contributed by atoms with Crippen molar-refractivity contribution in [1.82, 2.24) is 5.48 Å². The number of hydroxylamine groups is 1. The van der Waals surface area contributed by atoms with Crippen LogP contribution in [-0.4, -0.2) is 16.9 Å². The van der Waals surface area contributed by atoms with Gasteiger partial charge in [0.15, 0.2) is 0 Å². The summed E-state index contributed by atoms with van der Waals surface area (Å²) < 4.78 is 0. The zero-order chi connectivity index (χ0) is 13.9. The molecule has 0 fully saturated rings. The first kappa shape index (κ1) is 15.2. The lowest BCUT2D eigenvalue weighted by atomic mass is 10.1. The lowest BCUT2D eigenvalue weighted by Crippen LogP contribution is -2.15. The van der Waals surface area contributed by atoms with E-state index < -0.39 is 5.97 Å². The molecule has 0 saturated carbocycles. The van der Waals surface area contributed by atoms with Crippen molar-refractivity contribution in [3.8, 4) is 0 Å². The molecule has 0 aromatic heterocycles. The molecule has 0 aliphatic heterocycles. The number of unbranched alkanes of at least 4 members (excludes halogenated alkanes) is 3. The van der Waals surface area contributed by atoms with Crippen LogP contribution in [0.25, 0.3) is 0 Å². The number of rotatable bonds is 8. The molecular weight excluding hydrogens is 244 g/mol. The molecule has 0 radical (unpaired) electrons. The van der Waals surface area contributed by atoms with Gasteiger partial charge in [0.1, 0.15) is 0 Å². The van der Waals surface area contributed by atoms with Gasteiger partial charge < -0.3 is 15.8 Å². The highest BCUT2D eigenvalue weighted by atomic mass is 16.5. The number of carboxylic acids is 1. The Bertz CT molecular complexity index is 404. The van der Waals surface area contributed by atoms with Crippen molar-refractivity contribution in [1.29, 1.82) is 0 Å². The molecule has 1 aromatic rings. The highest BCUT2D eigenvalue weighted by Gasteiger charge is 1.98. The first-order valence-electron chi connectivity index (χ1n) is 6.45. The van der Waals surface area contributed by atoms with Crippen LogP contribution in [0.2, 0.25) is 0 Å². The second kappa shape index (κ2) is 9.10. The van der Waals surface area contributed by atoms with Crippen molar-refractivity contribution in [3.63, 3.8) is 0 Å². The van der Waals surface area contributed by atoms with E-state index in [1.54, 1.807) is 0 Å². The van der Waals surface area contributed by atoms with E-state index in [9.17, 15) is 10.0 Å². The van der Waals surface area contributed by atoms with Gasteiger partial charge in [0.2, 0.25) is 0 Å². The first-order valence-corrected chi connectivity index (χ1v) is 6.45. The maximum Gasteiger partial charge on any atom is 0.303 e. The van der Waals surface area contributed by atoms with E-state index in [2.05, 4.69) is 4.99 Å². The van der Waals surface area contributed by atoms with Gasteiger partial charge in [0.25, 0.3) is 0 Å².